The molecule has 0 bridgehead atoms. The smallest absolute Gasteiger partial charge is 0.407 e. The van der Waals surface area contributed by atoms with Crippen molar-refractivity contribution in [2.24, 2.45) is 7.05 Å². The molecule has 4 amide bonds. The van der Waals surface area contributed by atoms with Gasteiger partial charge in [0.25, 0.3) is 5.91 Å². The molecule has 0 aromatic carbocycles. The quantitative estimate of drug-likeness (QED) is 0.593. The zero-order valence-electron chi connectivity index (χ0n) is 13.0. The van der Waals surface area contributed by atoms with Gasteiger partial charge in [0.2, 0.25) is 11.8 Å². The number of hydrogen-bond acceptors (Lipinski definition) is 5. The minimum atomic E-state index is -1.05. The van der Waals surface area contributed by atoms with Gasteiger partial charge in [0.05, 0.1) is 6.54 Å². The molecule has 1 aromatic heterocycles. The molecule has 1 aromatic rings. The molecule has 10 nitrogen and oxygen atoms in total. The Labute approximate surface area is 136 Å². The fraction of sp³-hybridized carbons (Fsp3) is 0.500. The third-order valence-corrected chi connectivity index (χ3v) is 4.27. The van der Waals surface area contributed by atoms with Gasteiger partial charge in [0.15, 0.2) is 5.69 Å². The maximum absolute atomic E-state index is 12.5. The molecule has 24 heavy (non-hydrogen) atoms. The Bertz CT molecular complexity index is 740. The topological polar surface area (TPSA) is 134 Å². The first kappa shape index (κ1) is 16.0. The van der Waals surface area contributed by atoms with Crippen LogP contribution in [0.3, 0.4) is 0 Å². The highest BCUT2D eigenvalue weighted by Crippen LogP contribution is 2.22. The predicted molar refractivity (Wildman–Crippen MR) is 79.0 cm³/mol. The normalized spacial score (nSPS) is 20.4. The van der Waals surface area contributed by atoms with Gasteiger partial charge in [-0.2, -0.15) is 5.10 Å². The van der Waals surface area contributed by atoms with Crippen LogP contribution in [0.5, 0.6) is 0 Å². The number of nitrogens with one attached hydrogen (secondary N) is 2. The number of carbonyl (C=O) groups is 4. The van der Waals surface area contributed by atoms with E-state index >= 15 is 0 Å². The Kier molecular flexibility index (Phi) is 3.96. The number of aromatic nitrogens is 2. The summed E-state index contributed by atoms with van der Waals surface area (Å²) in [6.45, 7) is 0.423. The van der Waals surface area contributed by atoms with Crippen molar-refractivity contribution in [2.75, 3.05) is 6.54 Å². The van der Waals surface area contributed by atoms with Crippen molar-refractivity contribution in [2.45, 2.75) is 31.8 Å². The number of piperidine rings is 1. The van der Waals surface area contributed by atoms with Gasteiger partial charge in [-0.25, -0.2) is 4.79 Å². The van der Waals surface area contributed by atoms with Crippen LogP contribution in [0.15, 0.2) is 0 Å². The Hall–Kier alpha value is -2.91. The van der Waals surface area contributed by atoms with E-state index < -0.39 is 23.9 Å². The first-order chi connectivity index (χ1) is 11.4. The van der Waals surface area contributed by atoms with E-state index in [1.165, 1.54) is 4.90 Å². The number of fused-ring (bicyclic) bond motifs is 1. The fourth-order valence-electron chi connectivity index (χ4n) is 3.00. The molecule has 1 atom stereocenters. The lowest BCUT2D eigenvalue weighted by Gasteiger charge is -2.25. The Balaban J connectivity index is 1.80. The summed E-state index contributed by atoms with van der Waals surface area (Å²) < 4.78 is 1.56. The molecule has 3 heterocycles. The van der Waals surface area contributed by atoms with Crippen LogP contribution in [0.1, 0.15) is 34.6 Å². The van der Waals surface area contributed by atoms with Crippen molar-refractivity contribution in [3.05, 3.63) is 17.0 Å². The first-order valence-corrected chi connectivity index (χ1v) is 7.54. The lowest BCUT2D eigenvalue weighted by molar-refractivity contribution is -0.134. The number of imide groups is 1. The number of rotatable bonds is 2. The molecule has 0 spiro atoms. The van der Waals surface area contributed by atoms with E-state index in [2.05, 4.69) is 15.7 Å². The summed E-state index contributed by atoms with van der Waals surface area (Å²) in [5, 5.41) is 18.1. The van der Waals surface area contributed by atoms with E-state index in [0.717, 1.165) is 5.69 Å². The largest absolute Gasteiger partial charge is 0.465 e. The lowest BCUT2D eigenvalue weighted by Crippen LogP contribution is -2.52. The summed E-state index contributed by atoms with van der Waals surface area (Å²) in [6, 6.07) is -0.799. The van der Waals surface area contributed by atoms with Crippen LogP contribution >= 0.6 is 0 Å². The van der Waals surface area contributed by atoms with Crippen molar-refractivity contribution < 1.29 is 24.3 Å². The molecule has 0 radical (unpaired) electrons. The molecule has 0 aliphatic carbocycles. The standard InChI is InChI=1S/C14H17N5O5/c1-18-9-4-5-19(14(23)24)6-7(9)11(17-18)13(22)15-8-2-3-10(20)16-12(8)21/h8H,2-6H2,1H3,(H,15,22)(H,23,24)(H,16,20,21). The molecular weight excluding hydrogens is 318 g/mol. The van der Waals surface area contributed by atoms with Crippen LogP contribution in [-0.2, 0) is 29.6 Å². The number of carbonyl (C=O) groups excluding carboxylic acids is 3. The van der Waals surface area contributed by atoms with Gasteiger partial charge in [0, 0.05) is 37.7 Å². The minimum Gasteiger partial charge on any atom is -0.465 e. The van der Waals surface area contributed by atoms with E-state index in [4.69, 9.17) is 5.11 Å². The zero-order chi connectivity index (χ0) is 17.4. The van der Waals surface area contributed by atoms with Crippen LogP contribution in [0.25, 0.3) is 0 Å². The van der Waals surface area contributed by atoms with Gasteiger partial charge in [0.1, 0.15) is 6.04 Å². The van der Waals surface area contributed by atoms with Gasteiger partial charge in [-0.1, -0.05) is 0 Å². The third-order valence-electron chi connectivity index (χ3n) is 4.27. The molecule has 3 N–H and O–H groups in total. The molecule has 0 saturated carbocycles. The summed E-state index contributed by atoms with van der Waals surface area (Å²) in [5.41, 5.74) is 1.47. The second-order valence-electron chi connectivity index (χ2n) is 5.83. The van der Waals surface area contributed by atoms with Gasteiger partial charge >= 0.3 is 6.09 Å². The van der Waals surface area contributed by atoms with Crippen LogP contribution in [0.4, 0.5) is 4.79 Å². The average Bonchev–Trinajstić information content (AvgIpc) is 2.86. The van der Waals surface area contributed by atoms with E-state index in [9.17, 15) is 19.2 Å². The van der Waals surface area contributed by atoms with Crippen molar-refractivity contribution in [3.63, 3.8) is 0 Å². The second kappa shape index (κ2) is 5.95. The lowest BCUT2D eigenvalue weighted by atomic mass is 10.0. The molecule has 128 valence electrons. The van der Waals surface area contributed by atoms with Crippen molar-refractivity contribution >= 4 is 23.8 Å². The number of hydrogen-bond donors (Lipinski definition) is 3. The summed E-state index contributed by atoms with van der Waals surface area (Å²) in [4.78, 5) is 47.8. The number of nitrogens with zero attached hydrogens (tertiary/aromatic N) is 3. The highest BCUT2D eigenvalue weighted by atomic mass is 16.4. The van der Waals surface area contributed by atoms with Crippen molar-refractivity contribution in [1.82, 2.24) is 25.3 Å². The summed E-state index contributed by atoms with van der Waals surface area (Å²) in [5.74, 6) is -1.46. The molecule has 1 saturated heterocycles. The minimum absolute atomic E-state index is 0.0800. The van der Waals surface area contributed by atoms with E-state index in [1.807, 2.05) is 0 Å². The predicted octanol–water partition coefficient (Wildman–Crippen LogP) is -1.01. The van der Waals surface area contributed by atoms with Gasteiger partial charge in [-0.15, -0.1) is 0 Å². The number of carboxylic acid groups (broad SMARTS) is 1. The molecule has 2 aliphatic heterocycles. The first-order valence-electron chi connectivity index (χ1n) is 7.54. The van der Waals surface area contributed by atoms with Crippen LogP contribution < -0.4 is 10.6 Å². The van der Waals surface area contributed by atoms with Gasteiger partial charge < -0.3 is 15.3 Å². The highest BCUT2D eigenvalue weighted by Gasteiger charge is 2.32. The maximum Gasteiger partial charge on any atom is 0.407 e. The third kappa shape index (κ3) is 2.82. The maximum atomic E-state index is 12.5. The Morgan fingerprint density at radius 3 is 2.75 bits per heavy atom. The number of aryl methyl sites for hydroxylation is 1. The zero-order valence-corrected chi connectivity index (χ0v) is 13.0. The van der Waals surface area contributed by atoms with Crippen molar-refractivity contribution in [1.29, 1.82) is 0 Å². The van der Waals surface area contributed by atoms with E-state index in [1.54, 1.807) is 11.7 Å². The Morgan fingerprint density at radius 2 is 2.08 bits per heavy atom. The fourth-order valence-corrected chi connectivity index (χ4v) is 3.00. The van der Waals surface area contributed by atoms with E-state index in [-0.39, 0.29) is 31.0 Å². The molecule has 10 heteroatoms. The Morgan fingerprint density at radius 1 is 1.33 bits per heavy atom. The van der Waals surface area contributed by atoms with E-state index in [0.29, 0.717) is 18.5 Å². The monoisotopic (exact) mass is 335 g/mol. The van der Waals surface area contributed by atoms with Gasteiger partial charge in [-0.3, -0.25) is 24.4 Å². The van der Waals surface area contributed by atoms with Crippen LogP contribution in [-0.4, -0.2) is 56.2 Å². The van der Waals surface area contributed by atoms with Gasteiger partial charge in [-0.05, 0) is 6.42 Å². The molecular formula is C14H17N5O5. The number of amides is 4. The second-order valence-corrected chi connectivity index (χ2v) is 5.83. The SMILES string of the molecule is Cn1nc(C(=O)NC2CCC(=O)NC2=O)c2c1CCN(C(=O)O)C2. The average molecular weight is 335 g/mol. The molecule has 1 unspecified atom stereocenters. The van der Waals surface area contributed by atoms with Crippen LogP contribution in [0.2, 0.25) is 0 Å². The molecule has 1 fully saturated rings. The van der Waals surface area contributed by atoms with Crippen molar-refractivity contribution in [3.8, 4) is 0 Å². The summed E-state index contributed by atoms with van der Waals surface area (Å²) in [7, 11) is 1.69. The molecule has 3 rings (SSSR count). The summed E-state index contributed by atoms with van der Waals surface area (Å²) >= 11 is 0. The molecule has 2 aliphatic rings. The highest BCUT2D eigenvalue weighted by molar-refractivity contribution is 6.03. The van der Waals surface area contributed by atoms with Crippen LogP contribution in [0, 0.1) is 0 Å². The summed E-state index contributed by atoms with van der Waals surface area (Å²) in [6.07, 6.45) is -0.200.